The Morgan fingerprint density at radius 2 is 2.06 bits per heavy atom. The summed E-state index contributed by atoms with van der Waals surface area (Å²) < 4.78 is 0. The van der Waals surface area contributed by atoms with Crippen LogP contribution in [0.4, 0.5) is 0 Å². The molecule has 0 bridgehead atoms. The zero-order chi connectivity index (χ0) is 13.4. The second-order valence-corrected chi connectivity index (χ2v) is 4.75. The van der Waals surface area contributed by atoms with Gasteiger partial charge in [-0.05, 0) is 24.0 Å². The molecule has 1 rings (SSSR count). The monoisotopic (exact) mass is 262 g/mol. The van der Waals surface area contributed by atoms with Gasteiger partial charge >= 0.3 is 0 Å². The number of hydrogen-bond donors (Lipinski definition) is 1. The van der Waals surface area contributed by atoms with E-state index in [9.17, 15) is 4.79 Å². The number of rotatable bonds is 4. The topological polar surface area (TPSA) is 46.3 Å². The minimum atomic E-state index is 0.148. The van der Waals surface area contributed by atoms with Crippen LogP contribution in [0.1, 0.15) is 11.1 Å². The summed E-state index contributed by atoms with van der Waals surface area (Å²) in [6, 6.07) is 7.88. The van der Waals surface area contributed by atoms with E-state index in [0.717, 1.165) is 11.1 Å². The zero-order valence-electron chi connectivity index (χ0n) is 10.8. The van der Waals surface area contributed by atoms with E-state index in [1.165, 1.54) is 11.8 Å². The molecular weight excluding hydrogens is 244 g/mol. The SMILES string of the molecule is CSCC(=O)N(C)Cc1ccc(C#CCN)cc1. The Kier molecular flexibility index (Phi) is 6.34. The summed E-state index contributed by atoms with van der Waals surface area (Å²) in [7, 11) is 1.82. The van der Waals surface area contributed by atoms with Crippen molar-refractivity contribution in [3.05, 3.63) is 35.4 Å². The average Bonchev–Trinajstić information content (AvgIpc) is 2.38. The predicted molar refractivity (Wildman–Crippen MR) is 77.2 cm³/mol. The van der Waals surface area contributed by atoms with E-state index in [-0.39, 0.29) is 5.91 Å². The van der Waals surface area contributed by atoms with Crippen LogP contribution in [-0.2, 0) is 11.3 Å². The van der Waals surface area contributed by atoms with Crippen LogP contribution in [0.3, 0.4) is 0 Å². The van der Waals surface area contributed by atoms with Crippen LogP contribution >= 0.6 is 11.8 Å². The molecule has 0 aliphatic rings. The maximum Gasteiger partial charge on any atom is 0.232 e. The van der Waals surface area contributed by atoms with Gasteiger partial charge in [0.1, 0.15) is 0 Å². The molecular formula is C14H18N2OS. The summed E-state index contributed by atoms with van der Waals surface area (Å²) in [6.07, 6.45) is 1.93. The van der Waals surface area contributed by atoms with Crippen LogP contribution in [0.15, 0.2) is 24.3 Å². The Hall–Kier alpha value is -1.44. The quantitative estimate of drug-likeness (QED) is 0.832. The fraction of sp³-hybridized carbons (Fsp3) is 0.357. The van der Waals surface area contributed by atoms with Gasteiger partial charge in [-0.3, -0.25) is 4.79 Å². The van der Waals surface area contributed by atoms with Gasteiger partial charge in [0.15, 0.2) is 0 Å². The fourth-order valence-electron chi connectivity index (χ4n) is 1.44. The highest BCUT2D eigenvalue weighted by Crippen LogP contribution is 2.07. The number of carbonyl (C=O) groups is 1. The molecule has 1 aromatic rings. The van der Waals surface area contributed by atoms with Crippen LogP contribution in [0.25, 0.3) is 0 Å². The van der Waals surface area contributed by atoms with Crippen molar-refractivity contribution in [3.63, 3.8) is 0 Å². The summed E-state index contributed by atoms with van der Waals surface area (Å²) in [6.45, 7) is 0.998. The van der Waals surface area contributed by atoms with Crippen LogP contribution in [-0.4, -0.2) is 36.4 Å². The largest absolute Gasteiger partial charge is 0.341 e. The molecule has 0 atom stereocenters. The average molecular weight is 262 g/mol. The highest BCUT2D eigenvalue weighted by molar-refractivity contribution is 7.99. The molecule has 0 aromatic heterocycles. The van der Waals surface area contributed by atoms with E-state index >= 15 is 0 Å². The molecule has 0 spiro atoms. The third-order valence-corrected chi connectivity index (χ3v) is 2.94. The van der Waals surface area contributed by atoms with E-state index < -0.39 is 0 Å². The van der Waals surface area contributed by atoms with E-state index in [1.54, 1.807) is 4.90 Å². The maximum absolute atomic E-state index is 11.6. The molecule has 0 aliphatic heterocycles. The molecule has 0 unspecified atom stereocenters. The van der Waals surface area contributed by atoms with E-state index in [2.05, 4.69) is 11.8 Å². The molecule has 96 valence electrons. The van der Waals surface area contributed by atoms with Gasteiger partial charge in [0.2, 0.25) is 5.91 Å². The van der Waals surface area contributed by atoms with Crippen LogP contribution in [0, 0.1) is 11.8 Å². The lowest BCUT2D eigenvalue weighted by Gasteiger charge is -2.16. The summed E-state index contributed by atoms with van der Waals surface area (Å²) in [4.78, 5) is 13.4. The van der Waals surface area contributed by atoms with Crippen molar-refractivity contribution < 1.29 is 4.79 Å². The number of hydrogen-bond acceptors (Lipinski definition) is 3. The van der Waals surface area contributed by atoms with Gasteiger partial charge in [-0.15, -0.1) is 0 Å². The summed E-state index contributed by atoms with van der Waals surface area (Å²) in [5.74, 6) is 6.45. The second-order valence-electron chi connectivity index (χ2n) is 3.89. The van der Waals surface area contributed by atoms with Crippen molar-refractivity contribution in [2.24, 2.45) is 5.73 Å². The molecule has 0 aliphatic carbocycles. The molecule has 4 heteroatoms. The van der Waals surface area contributed by atoms with Crippen molar-refractivity contribution in [1.82, 2.24) is 4.90 Å². The highest BCUT2D eigenvalue weighted by Gasteiger charge is 2.07. The summed E-state index contributed by atoms with van der Waals surface area (Å²) >= 11 is 1.54. The lowest BCUT2D eigenvalue weighted by molar-refractivity contribution is -0.127. The summed E-state index contributed by atoms with van der Waals surface area (Å²) in [5, 5.41) is 0. The number of nitrogens with two attached hydrogens (primary N) is 1. The minimum Gasteiger partial charge on any atom is -0.341 e. The van der Waals surface area contributed by atoms with Crippen molar-refractivity contribution >= 4 is 17.7 Å². The number of carbonyl (C=O) groups excluding carboxylic acids is 1. The Labute approximate surface area is 113 Å². The van der Waals surface area contributed by atoms with Crippen molar-refractivity contribution in [2.45, 2.75) is 6.54 Å². The fourth-order valence-corrected chi connectivity index (χ4v) is 1.91. The smallest absolute Gasteiger partial charge is 0.232 e. The molecule has 1 aromatic carbocycles. The zero-order valence-corrected chi connectivity index (χ0v) is 11.6. The lowest BCUT2D eigenvalue weighted by Crippen LogP contribution is -2.27. The van der Waals surface area contributed by atoms with Gasteiger partial charge in [-0.1, -0.05) is 24.0 Å². The van der Waals surface area contributed by atoms with Gasteiger partial charge in [0.25, 0.3) is 0 Å². The maximum atomic E-state index is 11.6. The lowest BCUT2D eigenvalue weighted by atomic mass is 10.1. The number of amides is 1. The van der Waals surface area contributed by atoms with Gasteiger partial charge in [0, 0.05) is 19.2 Å². The highest BCUT2D eigenvalue weighted by atomic mass is 32.2. The van der Waals surface area contributed by atoms with Crippen LogP contribution in [0.2, 0.25) is 0 Å². The van der Waals surface area contributed by atoms with Gasteiger partial charge in [0.05, 0.1) is 12.3 Å². The first-order valence-corrected chi connectivity index (χ1v) is 7.07. The number of thioether (sulfide) groups is 1. The second kappa shape index (κ2) is 7.80. The normalized spacial score (nSPS) is 9.50. The first-order valence-electron chi connectivity index (χ1n) is 5.68. The van der Waals surface area contributed by atoms with Gasteiger partial charge in [-0.25, -0.2) is 0 Å². The van der Waals surface area contributed by atoms with E-state index in [1.807, 2.05) is 37.6 Å². The molecule has 2 N–H and O–H groups in total. The number of benzene rings is 1. The standard InChI is InChI=1S/C14H18N2OS/c1-16(14(17)11-18-2)10-13-7-5-12(6-8-13)4-3-9-15/h5-8H,9-11,15H2,1-2H3. The van der Waals surface area contributed by atoms with Gasteiger partial charge in [-0.2, -0.15) is 11.8 Å². The van der Waals surface area contributed by atoms with Crippen molar-refractivity contribution in [3.8, 4) is 11.8 Å². The first-order chi connectivity index (χ1) is 8.67. The molecule has 3 nitrogen and oxygen atoms in total. The third kappa shape index (κ3) is 4.82. The minimum absolute atomic E-state index is 0.148. The molecule has 0 fully saturated rings. The Bertz CT molecular complexity index is 445. The Morgan fingerprint density at radius 1 is 1.39 bits per heavy atom. The van der Waals surface area contributed by atoms with Crippen LogP contribution in [0.5, 0.6) is 0 Å². The Morgan fingerprint density at radius 3 is 2.61 bits per heavy atom. The van der Waals surface area contributed by atoms with Gasteiger partial charge < -0.3 is 10.6 Å². The molecule has 0 saturated carbocycles. The number of nitrogens with zero attached hydrogens (tertiary/aromatic N) is 1. The first kappa shape index (κ1) is 14.6. The summed E-state index contributed by atoms with van der Waals surface area (Å²) in [5.41, 5.74) is 7.36. The molecule has 0 heterocycles. The molecule has 0 radical (unpaired) electrons. The van der Waals surface area contributed by atoms with E-state index in [0.29, 0.717) is 18.8 Å². The van der Waals surface area contributed by atoms with Crippen molar-refractivity contribution in [1.29, 1.82) is 0 Å². The molecule has 18 heavy (non-hydrogen) atoms. The third-order valence-electron chi connectivity index (χ3n) is 2.40. The molecule has 0 saturated heterocycles. The predicted octanol–water partition coefficient (Wildman–Crippen LogP) is 1.32. The van der Waals surface area contributed by atoms with Crippen molar-refractivity contribution in [2.75, 3.05) is 25.6 Å². The van der Waals surface area contributed by atoms with E-state index in [4.69, 9.17) is 5.73 Å². The Balaban J connectivity index is 2.60. The van der Waals surface area contributed by atoms with Crippen LogP contribution < -0.4 is 5.73 Å². The molecule has 1 amide bonds.